The van der Waals surface area contributed by atoms with Crippen LogP contribution in [0.25, 0.3) is 0 Å². The first-order chi connectivity index (χ1) is 13.7. The second-order valence-corrected chi connectivity index (χ2v) is 8.16. The first-order valence-corrected chi connectivity index (χ1v) is 9.21. The molecule has 10 heteroatoms. The molecule has 0 spiro atoms. The van der Waals surface area contributed by atoms with Crippen molar-refractivity contribution in [1.29, 1.82) is 0 Å². The summed E-state index contributed by atoms with van der Waals surface area (Å²) in [6.07, 6.45) is -3.75. The van der Waals surface area contributed by atoms with E-state index in [2.05, 4.69) is 10.3 Å². The van der Waals surface area contributed by atoms with Gasteiger partial charge in [0.05, 0.1) is 22.5 Å². The summed E-state index contributed by atoms with van der Waals surface area (Å²) in [5.74, 6) is -1.71. The third kappa shape index (κ3) is 4.20. The molecule has 160 valence electrons. The maximum Gasteiger partial charge on any atom is 0.495 e. The van der Waals surface area contributed by atoms with Gasteiger partial charge in [0.2, 0.25) is 0 Å². The number of aryl methyl sites for hydroxylation is 1. The molecule has 0 bridgehead atoms. The summed E-state index contributed by atoms with van der Waals surface area (Å²) < 4.78 is 65.0. The summed E-state index contributed by atoms with van der Waals surface area (Å²) in [6.45, 7) is 9.15. The van der Waals surface area contributed by atoms with Gasteiger partial charge >= 0.3 is 13.3 Å². The molecule has 2 heterocycles. The summed E-state index contributed by atoms with van der Waals surface area (Å²) in [5, 5.41) is 2.28. The van der Waals surface area contributed by atoms with Crippen LogP contribution in [-0.2, 0) is 15.5 Å². The predicted octanol–water partition coefficient (Wildman–Crippen LogP) is 4.10. The number of rotatable bonds is 3. The summed E-state index contributed by atoms with van der Waals surface area (Å²) in [6, 6.07) is 3.92. The highest BCUT2D eigenvalue weighted by molar-refractivity contribution is 6.62. The highest BCUT2D eigenvalue weighted by Crippen LogP contribution is 2.37. The maximum absolute atomic E-state index is 14.5. The van der Waals surface area contributed by atoms with Crippen molar-refractivity contribution in [3.63, 3.8) is 0 Å². The molecule has 0 saturated carbocycles. The molecule has 1 saturated heterocycles. The van der Waals surface area contributed by atoms with Crippen molar-refractivity contribution in [1.82, 2.24) is 4.98 Å². The first-order valence-electron chi connectivity index (χ1n) is 9.21. The number of hydrogen-bond acceptors (Lipinski definition) is 4. The van der Waals surface area contributed by atoms with Gasteiger partial charge in [0, 0.05) is 6.20 Å². The summed E-state index contributed by atoms with van der Waals surface area (Å²) in [4.78, 5) is 16.0. The molecular weight excluding hydrogens is 403 g/mol. The SMILES string of the molecule is Cc1cc(F)c(NC(=O)c2cc(C(F)(F)F)ccn2)cc1B1OC(C)(C)C(C)(C)O1. The Morgan fingerprint density at radius 1 is 1.10 bits per heavy atom. The molecule has 1 aromatic carbocycles. The molecule has 3 rings (SSSR count). The highest BCUT2D eigenvalue weighted by atomic mass is 19.4. The number of alkyl halides is 3. The number of anilines is 1. The number of aromatic nitrogens is 1. The molecule has 30 heavy (non-hydrogen) atoms. The molecule has 1 fully saturated rings. The van der Waals surface area contributed by atoms with Gasteiger partial charge in [-0.2, -0.15) is 13.2 Å². The third-order valence-corrected chi connectivity index (χ3v) is 5.43. The molecule has 2 aromatic rings. The van der Waals surface area contributed by atoms with E-state index >= 15 is 0 Å². The van der Waals surface area contributed by atoms with Crippen molar-refractivity contribution in [2.24, 2.45) is 0 Å². The van der Waals surface area contributed by atoms with E-state index < -0.39 is 47.5 Å². The summed E-state index contributed by atoms with van der Waals surface area (Å²) >= 11 is 0. The second kappa shape index (κ2) is 7.35. The van der Waals surface area contributed by atoms with E-state index in [-0.39, 0.29) is 5.69 Å². The van der Waals surface area contributed by atoms with Crippen molar-refractivity contribution in [2.45, 2.75) is 52.0 Å². The molecule has 5 nitrogen and oxygen atoms in total. The minimum atomic E-state index is -4.63. The molecule has 1 aromatic heterocycles. The van der Waals surface area contributed by atoms with Crippen LogP contribution in [0.1, 0.15) is 49.3 Å². The van der Waals surface area contributed by atoms with Crippen LogP contribution in [0.2, 0.25) is 0 Å². The lowest BCUT2D eigenvalue weighted by molar-refractivity contribution is -0.137. The zero-order chi connectivity index (χ0) is 22.5. The first kappa shape index (κ1) is 22.2. The molecule has 1 N–H and O–H groups in total. The van der Waals surface area contributed by atoms with Crippen molar-refractivity contribution in [3.8, 4) is 0 Å². The van der Waals surface area contributed by atoms with Crippen molar-refractivity contribution < 1.29 is 31.7 Å². The monoisotopic (exact) mass is 424 g/mol. The Bertz CT molecular complexity index is 977. The van der Waals surface area contributed by atoms with Crippen LogP contribution in [0, 0.1) is 12.7 Å². The average molecular weight is 424 g/mol. The standard InChI is InChI=1S/C20H21BF4N2O3/c1-11-8-14(22)15(10-13(11)21-29-18(2,3)19(4,5)30-21)27-17(28)16-9-12(6-7-26-16)20(23,24)25/h6-10H,1-5H3,(H,27,28). The Morgan fingerprint density at radius 2 is 1.70 bits per heavy atom. The molecule has 0 radical (unpaired) electrons. The molecule has 0 aliphatic carbocycles. The lowest BCUT2D eigenvalue weighted by Gasteiger charge is -2.32. The normalized spacial score (nSPS) is 17.8. The van der Waals surface area contributed by atoms with Gasteiger partial charge in [-0.05, 0) is 69.9 Å². The van der Waals surface area contributed by atoms with E-state index in [1.165, 1.54) is 12.1 Å². The fourth-order valence-electron chi connectivity index (χ4n) is 2.93. The van der Waals surface area contributed by atoms with Gasteiger partial charge in [-0.1, -0.05) is 0 Å². The van der Waals surface area contributed by atoms with Crippen LogP contribution < -0.4 is 10.8 Å². The maximum atomic E-state index is 14.5. The van der Waals surface area contributed by atoms with Crippen LogP contribution in [0.5, 0.6) is 0 Å². The van der Waals surface area contributed by atoms with Gasteiger partial charge in [-0.15, -0.1) is 0 Å². The highest BCUT2D eigenvalue weighted by Gasteiger charge is 2.52. The number of nitrogens with one attached hydrogen (secondary N) is 1. The number of nitrogens with zero attached hydrogens (tertiary/aromatic N) is 1. The largest absolute Gasteiger partial charge is 0.495 e. The van der Waals surface area contributed by atoms with Crippen LogP contribution in [-0.4, -0.2) is 29.2 Å². The second-order valence-electron chi connectivity index (χ2n) is 8.16. The van der Waals surface area contributed by atoms with E-state index in [9.17, 15) is 22.4 Å². The Labute approximate surface area is 171 Å². The Morgan fingerprint density at radius 3 is 2.27 bits per heavy atom. The number of carbonyl (C=O) groups is 1. The number of benzene rings is 1. The molecular formula is C20H21BF4N2O3. The fraction of sp³-hybridized carbons (Fsp3) is 0.400. The third-order valence-electron chi connectivity index (χ3n) is 5.43. The molecule has 1 amide bonds. The van der Waals surface area contributed by atoms with E-state index in [1.807, 2.05) is 27.7 Å². The van der Waals surface area contributed by atoms with Crippen LogP contribution in [0.15, 0.2) is 30.5 Å². The van der Waals surface area contributed by atoms with Crippen molar-refractivity contribution >= 4 is 24.2 Å². The quantitative estimate of drug-likeness (QED) is 0.596. The van der Waals surface area contributed by atoms with Crippen LogP contribution in [0.3, 0.4) is 0 Å². The predicted molar refractivity (Wildman–Crippen MR) is 104 cm³/mol. The topological polar surface area (TPSA) is 60.5 Å². The lowest BCUT2D eigenvalue weighted by Crippen LogP contribution is -2.41. The number of carbonyl (C=O) groups excluding carboxylic acids is 1. The Kier molecular flexibility index (Phi) is 5.45. The summed E-state index contributed by atoms with van der Waals surface area (Å²) in [5.41, 5.74) is -1.92. The Balaban J connectivity index is 1.89. The van der Waals surface area contributed by atoms with Gasteiger partial charge in [0.15, 0.2) is 0 Å². The number of pyridine rings is 1. The van der Waals surface area contributed by atoms with Gasteiger partial charge in [0.25, 0.3) is 5.91 Å². The smallest absolute Gasteiger partial charge is 0.399 e. The number of halogens is 4. The molecule has 0 atom stereocenters. The van der Waals surface area contributed by atoms with E-state index in [1.54, 1.807) is 6.92 Å². The van der Waals surface area contributed by atoms with Crippen molar-refractivity contribution in [2.75, 3.05) is 5.32 Å². The van der Waals surface area contributed by atoms with Gasteiger partial charge in [-0.3, -0.25) is 9.78 Å². The van der Waals surface area contributed by atoms with Crippen LogP contribution in [0.4, 0.5) is 23.2 Å². The van der Waals surface area contributed by atoms with Gasteiger partial charge in [-0.25, -0.2) is 4.39 Å². The zero-order valence-corrected chi connectivity index (χ0v) is 17.1. The van der Waals surface area contributed by atoms with E-state index in [0.29, 0.717) is 17.1 Å². The summed E-state index contributed by atoms with van der Waals surface area (Å²) in [7, 11) is -0.794. The number of hydrogen-bond donors (Lipinski definition) is 1. The molecule has 0 unspecified atom stereocenters. The van der Waals surface area contributed by atoms with Crippen LogP contribution >= 0.6 is 0 Å². The minimum absolute atomic E-state index is 0.213. The van der Waals surface area contributed by atoms with E-state index in [0.717, 1.165) is 12.3 Å². The minimum Gasteiger partial charge on any atom is -0.399 e. The van der Waals surface area contributed by atoms with Crippen molar-refractivity contribution in [3.05, 3.63) is 53.1 Å². The molecule has 1 aliphatic heterocycles. The average Bonchev–Trinajstić information content (AvgIpc) is 2.84. The number of amides is 1. The Hall–Kier alpha value is -2.46. The van der Waals surface area contributed by atoms with Gasteiger partial charge in [0.1, 0.15) is 11.5 Å². The van der Waals surface area contributed by atoms with E-state index in [4.69, 9.17) is 9.31 Å². The fourth-order valence-corrected chi connectivity index (χ4v) is 2.93. The lowest BCUT2D eigenvalue weighted by atomic mass is 9.76. The zero-order valence-electron chi connectivity index (χ0n) is 17.1. The van der Waals surface area contributed by atoms with Gasteiger partial charge < -0.3 is 14.6 Å². The molecule has 1 aliphatic rings.